The molecule has 1 aliphatic rings. The maximum absolute atomic E-state index is 13.1. The number of benzene rings is 2. The Morgan fingerprint density at radius 3 is 1.91 bits per heavy atom. The van der Waals surface area contributed by atoms with Gasteiger partial charge in [0.25, 0.3) is 0 Å². The van der Waals surface area contributed by atoms with Crippen LogP contribution in [0.1, 0.15) is 32.3 Å². The van der Waals surface area contributed by atoms with Gasteiger partial charge in [-0.15, -0.1) is 0 Å². The van der Waals surface area contributed by atoms with Gasteiger partial charge in [-0.05, 0) is 51.1 Å². The predicted molar refractivity (Wildman–Crippen MR) is 125 cm³/mol. The molecule has 0 aliphatic carbocycles. The normalized spacial score (nSPS) is 13.6. The van der Waals surface area contributed by atoms with E-state index < -0.39 is 17.9 Å². The third kappa shape index (κ3) is 5.37. The third-order valence-electron chi connectivity index (χ3n) is 5.10. The summed E-state index contributed by atoms with van der Waals surface area (Å²) in [5.74, 6) is -0.451. The van der Waals surface area contributed by atoms with Crippen LogP contribution in [0.4, 0.5) is 5.69 Å². The first-order valence-corrected chi connectivity index (χ1v) is 11.0. The summed E-state index contributed by atoms with van der Waals surface area (Å²) in [5.41, 5.74) is 2.03. The summed E-state index contributed by atoms with van der Waals surface area (Å²) in [5, 5.41) is 0. The second-order valence-electron chi connectivity index (χ2n) is 7.12. The van der Waals surface area contributed by atoms with Crippen LogP contribution in [0, 0.1) is 0 Å². The fraction of sp³-hybridized carbons (Fsp3) is 0.308. The van der Waals surface area contributed by atoms with E-state index in [1.54, 1.807) is 44.3 Å². The highest BCUT2D eigenvalue weighted by molar-refractivity contribution is 6.00. The van der Waals surface area contributed by atoms with Gasteiger partial charge < -0.3 is 23.8 Å². The van der Waals surface area contributed by atoms with Crippen molar-refractivity contribution in [2.45, 2.75) is 26.7 Å². The first kappa shape index (κ1) is 23.9. The van der Waals surface area contributed by atoms with Crippen molar-refractivity contribution in [2.24, 2.45) is 0 Å². The number of anilines is 1. The van der Waals surface area contributed by atoms with Crippen molar-refractivity contribution in [1.82, 2.24) is 0 Å². The number of nitrogens with zero attached hydrogens (tertiary/aromatic N) is 1. The lowest BCUT2D eigenvalue weighted by molar-refractivity contribution is -0.139. The van der Waals surface area contributed by atoms with Crippen LogP contribution in [-0.4, -0.2) is 38.9 Å². The molecule has 7 nitrogen and oxygen atoms in total. The molecule has 0 aromatic heterocycles. The highest BCUT2D eigenvalue weighted by Crippen LogP contribution is 2.42. The molecule has 0 bridgehead atoms. The van der Waals surface area contributed by atoms with Gasteiger partial charge in [-0.25, -0.2) is 9.59 Å². The maximum Gasteiger partial charge on any atom is 0.336 e. The minimum atomic E-state index is -0.710. The van der Waals surface area contributed by atoms with E-state index in [0.717, 1.165) is 11.4 Å². The summed E-state index contributed by atoms with van der Waals surface area (Å²) in [6.45, 7) is 6.37. The number of carbonyl (C=O) groups is 2. The summed E-state index contributed by atoms with van der Waals surface area (Å²) >= 11 is 0. The Morgan fingerprint density at radius 2 is 1.39 bits per heavy atom. The molecule has 0 amide bonds. The summed E-state index contributed by atoms with van der Waals surface area (Å²) in [6, 6.07) is 14.7. The average molecular weight is 452 g/mol. The third-order valence-corrected chi connectivity index (χ3v) is 5.10. The molecular formula is C26H29NO6. The second-order valence-corrected chi connectivity index (χ2v) is 7.12. The molecular weight excluding hydrogens is 422 g/mol. The number of rotatable bonds is 9. The topological polar surface area (TPSA) is 74.3 Å². The van der Waals surface area contributed by atoms with E-state index in [1.807, 2.05) is 49.4 Å². The Bertz CT molecular complexity index is 1010. The summed E-state index contributed by atoms with van der Waals surface area (Å²) in [6.07, 6.45) is 3.38. The van der Waals surface area contributed by atoms with Crippen molar-refractivity contribution in [3.8, 4) is 11.5 Å². The van der Waals surface area contributed by atoms with Crippen molar-refractivity contribution in [1.29, 1.82) is 0 Å². The van der Waals surface area contributed by atoms with Gasteiger partial charge in [-0.2, -0.15) is 0 Å². The average Bonchev–Trinajstić information content (AvgIpc) is 2.84. The van der Waals surface area contributed by atoms with Gasteiger partial charge in [-0.1, -0.05) is 18.2 Å². The smallest absolute Gasteiger partial charge is 0.336 e. The number of esters is 2. The Balaban J connectivity index is 2.16. The number of hydrogen-bond acceptors (Lipinski definition) is 7. The fourth-order valence-corrected chi connectivity index (χ4v) is 3.69. The van der Waals surface area contributed by atoms with Crippen LogP contribution in [0.15, 0.2) is 72.1 Å². The van der Waals surface area contributed by atoms with Crippen LogP contribution < -0.4 is 14.4 Å². The van der Waals surface area contributed by atoms with Crippen LogP contribution in [0.25, 0.3) is 0 Å². The molecule has 2 aromatic rings. The lowest BCUT2D eigenvalue weighted by atomic mass is 9.82. The van der Waals surface area contributed by atoms with Crippen LogP contribution in [0.5, 0.6) is 11.5 Å². The summed E-state index contributed by atoms with van der Waals surface area (Å²) in [4.78, 5) is 27.9. The standard InChI is InChI=1S/C26H29NO6/c1-5-31-19-14-12-18(13-15-19)27-16-21(25(28)32-6-2)24(22(17-27)26(29)33-7-3)20-10-8-9-11-23(20)30-4/h8-17,24H,5-7H2,1-4H3. The minimum Gasteiger partial charge on any atom is -0.496 e. The molecule has 0 radical (unpaired) electrons. The molecule has 1 aliphatic heterocycles. The zero-order valence-corrected chi connectivity index (χ0v) is 19.4. The van der Waals surface area contributed by atoms with Gasteiger partial charge in [0.15, 0.2) is 0 Å². The van der Waals surface area contributed by atoms with Crippen molar-refractivity contribution < 1.29 is 28.5 Å². The number of hydrogen-bond donors (Lipinski definition) is 0. The Morgan fingerprint density at radius 1 is 0.818 bits per heavy atom. The van der Waals surface area contributed by atoms with E-state index in [4.69, 9.17) is 18.9 Å². The zero-order chi connectivity index (χ0) is 23.8. The number of ether oxygens (including phenoxy) is 4. The molecule has 7 heteroatoms. The Labute approximate surface area is 194 Å². The SMILES string of the molecule is CCOC(=O)C1=CN(c2ccc(OCC)cc2)C=C(C(=O)OCC)C1c1ccccc1OC. The molecule has 0 saturated heterocycles. The quantitative estimate of drug-likeness (QED) is 0.516. The van der Waals surface area contributed by atoms with Gasteiger partial charge in [0.2, 0.25) is 0 Å². The minimum absolute atomic E-state index is 0.205. The van der Waals surface area contributed by atoms with E-state index in [9.17, 15) is 9.59 Å². The molecule has 0 atom stereocenters. The molecule has 0 unspecified atom stereocenters. The molecule has 2 aromatic carbocycles. The fourth-order valence-electron chi connectivity index (χ4n) is 3.69. The lowest BCUT2D eigenvalue weighted by Crippen LogP contribution is -2.29. The summed E-state index contributed by atoms with van der Waals surface area (Å²) < 4.78 is 21.8. The van der Waals surface area contributed by atoms with Crippen LogP contribution in [0.3, 0.4) is 0 Å². The lowest BCUT2D eigenvalue weighted by Gasteiger charge is -2.31. The van der Waals surface area contributed by atoms with E-state index in [1.165, 1.54) is 0 Å². The van der Waals surface area contributed by atoms with E-state index in [2.05, 4.69) is 0 Å². The second kappa shape index (κ2) is 11.2. The van der Waals surface area contributed by atoms with Crippen molar-refractivity contribution >= 4 is 17.6 Å². The van der Waals surface area contributed by atoms with Crippen LogP contribution in [-0.2, 0) is 19.1 Å². The molecule has 0 N–H and O–H groups in total. The zero-order valence-electron chi connectivity index (χ0n) is 19.4. The molecule has 0 fully saturated rings. The van der Waals surface area contributed by atoms with Crippen LogP contribution in [0.2, 0.25) is 0 Å². The molecule has 0 spiro atoms. The van der Waals surface area contributed by atoms with Gasteiger partial charge in [0.05, 0.1) is 44.0 Å². The van der Waals surface area contributed by atoms with Gasteiger partial charge in [0.1, 0.15) is 11.5 Å². The maximum atomic E-state index is 13.1. The Kier molecular flexibility index (Phi) is 8.13. The molecule has 3 rings (SSSR count). The van der Waals surface area contributed by atoms with Crippen molar-refractivity contribution in [3.05, 3.63) is 77.6 Å². The number of carbonyl (C=O) groups excluding carboxylic acids is 2. The number of para-hydroxylation sites is 1. The molecule has 1 heterocycles. The predicted octanol–water partition coefficient (Wildman–Crippen LogP) is 4.59. The molecule has 33 heavy (non-hydrogen) atoms. The highest BCUT2D eigenvalue weighted by Gasteiger charge is 2.37. The van der Waals surface area contributed by atoms with E-state index in [0.29, 0.717) is 29.1 Å². The van der Waals surface area contributed by atoms with Gasteiger partial charge >= 0.3 is 11.9 Å². The monoisotopic (exact) mass is 451 g/mol. The first-order chi connectivity index (χ1) is 16.0. The van der Waals surface area contributed by atoms with Crippen LogP contribution >= 0.6 is 0 Å². The van der Waals surface area contributed by atoms with Crippen molar-refractivity contribution in [3.63, 3.8) is 0 Å². The molecule has 0 saturated carbocycles. The summed E-state index contributed by atoms with van der Waals surface area (Å²) in [7, 11) is 1.55. The number of methoxy groups -OCH3 is 1. The first-order valence-electron chi connectivity index (χ1n) is 11.0. The van der Waals surface area contributed by atoms with E-state index in [-0.39, 0.29) is 13.2 Å². The highest BCUT2D eigenvalue weighted by atomic mass is 16.5. The Hall–Kier alpha value is -3.74. The van der Waals surface area contributed by atoms with Gasteiger partial charge in [-0.3, -0.25) is 0 Å². The largest absolute Gasteiger partial charge is 0.496 e. The molecule has 174 valence electrons. The van der Waals surface area contributed by atoms with Gasteiger partial charge in [0, 0.05) is 23.7 Å². The van der Waals surface area contributed by atoms with Crippen molar-refractivity contribution in [2.75, 3.05) is 31.8 Å². The van der Waals surface area contributed by atoms with E-state index >= 15 is 0 Å².